The number of hydrogen-bond donors (Lipinski definition) is 2. The summed E-state index contributed by atoms with van der Waals surface area (Å²) in [7, 11) is 0. The molecule has 1 aromatic rings. The van der Waals surface area contributed by atoms with Gasteiger partial charge in [-0.1, -0.05) is 0 Å². The van der Waals surface area contributed by atoms with Crippen LogP contribution in [0.25, 0.3) is 0 Å². The topological polar surface area (TPSA) is 102 Å². The second kappa shape index (κ2) is 5.66. The first kappa shape index (κ1) is 13.3. The molecule has 0 aliphatic carbocycles. The third kappa shape index (κ3) is 3.19. The molecule has 0 aromatic heterocycles. The van der Waals surface area contributed by atoms with Crippen LogP contribution in [0, 0.1) is 10.1 Å². The first-order chi connectivity index (χ1) is 9.08. The number of nitro groups is 1. The molecule has 0 amide bonds. The van der Waals surface area contributed by atoms with Crippen molar-refractivity contribution >= 4 is 17.3 Å². The SMILES string of the molecule is O=C(O)c1cc([N+](=O)[O-])ccc1NC[C@@H]1CCCO1. The molecule has 1 aliphatic rings. The lowest BCUT2D eigenvalue weighted by Crippen LogP contribution is -2.19. The maximum absolute atomic E-state index is 11.1. The molecule has 0 bridgehead atoms. The number of carboxylic acid groups (broad SMARTS) is 1. The predicted octanol–water partition coefficient (Wildman–Crippen LogP) is 1.88. The molecule has 0 spiro atoms. The lowest BCUT2D eigenvalue weighted by atomic mass is 10.1. The van der Waals surface area contributed by atoms with Crippen molar-refractivity contribution in [3.8, 4) is 0 Å². The Bertz CT molecular complexity index is 497. The van der Waals surface area contributed by atoms with Gasteiger partial charge in [0.25, 0.3) is 5.69 Å². The minimum Gasteiger partial charge on any atom is -0.478 e. The van der Waals surface area contributed by atoms with E-state index >= 15 is 0 Å². The van der Waals surface area contributed by atoms with Crippen LogP contribution in [0.3, 0.4) is 0 Å². The van der Waals surface area contributed by atoms with Gasteiger partial charge >= 0.3 is 5.97 Å². The lowest BCUT2D eigenvalue weighted by molar-refractivity contribution is -0.384. The normalized spacial score (nSPS) is 18.2. The van der Waals surface area contributed by atoms with Gasteiger partial charge in [0.1, 0.15) is 0 Å². The van der Waals surface area contributed by atoms with Gasteiger partial charge in [-0.05, 0) is 18.9 Å². The molecule has 7 heteroatoms. The number of aromatic carboxylic acids is 1. The number of benzene rings is 1. The van der Waals surface area contributed by atoms with Crippen LogP contribution in [0.2, 0.25) is 0 Å². The van der Waals surface area contributed by atoms with Crippen molar-refractivity contribution in [2.75, 3.05) is 18.5 Å². The van der Waals surface area contributed by atoms with Gasteiger partial charge in [-0.3, -0.25) is 10.1 Å². The average molecular weight is 266 g/mol. The summed E-state index contributed by atoms with van der Waals surface area (Å²) in [6.45, 7) is 1.22. The third-order valence-corrected chi connectivity index (χ3v) is 2.99. The molecule has 0 saturated carbocycles. The van der Waals surface area contributed by atoms with Gasteiger partial charge < -0.3 is 15.2 Å². The molecule has 1 heterocycles. The van der Waals surface area contributed by atoms with E-state index in [1.165, 1.54) is 12.1 Å². The van der Waals surface area contributed by atoms with Gasteiger partial charge in [0.05, 0.1) is 16.6 Å². The Hall–Kier alpha value is -2.15. The van der Waals surface area contributed by atoms with Crippen LogP contribution in [-0.2, 0) is 4.74 Å². The molecule has 1 atom stereocenters. The minimum atomic E-state index is -1.20. The standard InChI is InChI=1S/C12H14N2O5/c15-12(16)10-6-8(14(17)18)3-4-11(10)13-7-9-2-1-5-19-9/h3-4,6,9,13H,1-2,5,7H2,(H,15,16)/t9-/m0/s1. The van der Waals surface area contributed by atoms with Crippen LogP contribution >= 0.6 is 0 Å². The van der Waals surface area contributed by atoms with Gasteiger partial charge in [0.2, 0.25) is 0 Å². The van der Waals surface area contributed by atoms with Gasteiger partial charge in [0, 0.05) is 31.0 Å². The molecule has 1 saturated heterocycles. The molecule has 1 fully saturated rings. The quantitative estimate of drug-likeness (QED) is 0.623. The number of carboxylic acids is 1. The maximum Gasteiger partial charge on any atom is 0.338 e. The third-order valence-electron chi connectivity index (χ3n) is 2.99. The molecular formula is C12H14N2O5. The highest BCUT2D eigenvalue weighted by atomic mass is 16.6. The number of ether oxygens (including phenoxy) is 1. The van der Waals surface area contributed by atoms with Crippen LogP contribution in [0.1, 0.15) is 23.2 Å². The zero-order chi connectivity index (χ0) is 13.8. The van der Waals surface area contributed by atoms with Crippen LogP contribution in [-0.4, -0.2) is 35.3 Å². The van der Waals surface area contributed by atoms with E-state index in [4.69, 9.17) is 9.84 Å². The summed E-state index contributed by atoms with van der Waals surface area (Å²) >= 11 is 0. The Morgan fingerprint density at radius 3 is 2.95 bits per heavy atom. The van der Waals surface area contributed by atoms with Crippen LogP contribution < -0.4 is 5.32 Å². The van der Waals surface area contributed by atoms with Crippen molar-refractivity contribution in [3.05, 3.63) is 33.9 Å². The molecule has 0 unspecified atom stereocenters. The Kier molecular flexibility index (Phi) is 3.96. The maximum atomic E-state index is 11.1. The Balaban J connectivity index is 2.14. The Labute approximate surface area is 109 Å². The number of nitrogens with one attached hydrogen (secondary N) is 1. The van der Waals surface area contributed by atoms with Crippen LogP contribution in [0.5, 0.6) is 0 Å². The summed E-state index contributed by atoms with van der Waals surface area (Å²) < 4.78 is 5.42. The van der Waals surface area contributed by atoms with Gasteiger partial charge in [0.15, 0.2) is 0 Å². The number of non-ortho nitro benzene ring substituents is 1. The average Bonchev–Trinajstić information content (AvgIpc) is 2.89. The molecule has 102 valence electrons. The highest BCUT2D eigenvalue weighted by Crippen LogP contribution is 2.23. The summed E-state index contributed by atoms with van der Waals surface area (Å²) in [5.41, 5.74) is 0.0286. The summed E-state index contributed by atoms with van der Waals surface area (Å²) in [6, 6.07) is 3.75. The van der Waals surface area contributed by atoms with Crippen LogP contribution in [0.4, 0.5) is 11.4 Å². The lowest BCUT2D eigenvalue weighted by Gasteiger charge is -2.13. The van der Waals surface area contributed by atoms with Gasteiger partial charge in [-0.2, -0.15) is 0 Å². The van der Waals surface area contributed by atoms with Crippen molar-refractivity contribution in [2.24, 2.45) is 0 Å². The molecule has 2 N–H and O–H groups in total. The number of nitrogens with zero attached hydrogens (tertiary/aromatic N) is 1. The highest BCUT2D eigenvalue weighted by molar-refractivity contribution is 5.95. The van der Waals surface area contributed by atoms with Crippen LogP contribution in [0.15, 0.2) is 18.2 Å². The van der Waals surface area contributed by atoms with E-state index < -0.39 is 10.9 Å². The van der Waals surface area contributed by atoms with Crippen molar-refractivity contribution < 1.29 is 19.6 Å². The fourth-order valence-electron chi connectivity index (χ4n) is 2.01. The summed E-state index contributed by atoms with van der Waals surface area (Å²) in [4.78, 5) is 21.1. The minimum absolute atomic E-state index is 0.0665. The molecule has 2 rings (SSSR count). The summed E-state index contributed by atoms with van der Waals surface area (Å²) in [6.07, 6.45) is 2.00. The van der Waals surface area contributed by atoms with E-state index in [0.717, 1.165) is 25.5 Å². The monoisotopic (exact) mass is 266 g/mol. The number of anilines is 1. The second-order valence-corrected chi connectivity index (χ2v) is 4.31. The van der Waals surface area contributed by atoms with Gasteiger partial charge in [-0.25, -0.2) is 4.79 Å². The largest absolute Gasteiger partial charge is 0.478 e. The van der Waals surface area contributed by atoms with E-state index in [1.54, 1.807) is 0 Å². The summed E-state index contributed by atoms with van der Waals surface area (Å²) in [5.74, 6) is -1.20. The fourth-order valence-corrected chi connectivity index (χ4v) is 2.01. The van der Waals surface area contributed by atoms with Crippen molar-refractivity contribution in [2.45, 2.75) is 18.9 Å². The van der Waals surface area contributed by atoms with Crippen molar-refractivity contribution in [1.82, 2.24) is 0 Å². The molecule has 7 nitrogen and oxygen atoms in total. The fraction of sp³-hybridized carbons (Fsp3) is 0.417. The van der Waals surface area contributed by atoms with E-state index in [0.29, 0.717) is 12.2 Å². The Morgan fingerprint density at radius 2 is 2.37 bits per heavy atom. The van der Waals surface area contributed by atoms with E-state index in [2.05, 4.69) is 5.32 Å². The second-order valence-electron chi connectivity index (χ2n) is 4.31. The van der Waals surface area contributed by atoms with E-state index in [-0.39, 0.29) is 17.4 Å². The number of hydrogen-bond acceptors (Lipinski definition) is 5. The number of nitro benzene ring substituents is 1. The molecule has 1 aliphatic heterocycles. The zero-order valence-electron chi connectivity index (χ0n) is 10.2. The molecule has 0 radical (unpaired) electrons. The highest BCUT2D eigenvalue weighted by Gasteiger charge is 2.19. The molecule has 19 heavy (non-hydrogen) atoms. The van der Waals surface area contributed by atoms with Crippen molar-refractivity contribution in [3.63, 3.8) is 0 Å². The first-order valence-corrected chi connectivity index (χ1v) is 5.95. The zero-order valence-corrected chi connectivity index (χ0v) is 10.2. The summed E-state index contributed by atoms with van der Waals surface area (Å²) in [5, 5.41) is 22.7. The number of carbonyl (C=O) groups is 1. The first-order valence-electron chi connectivity index (χ1n) is 5.95. The number of rotatable bonds is 5. The predicted molar refractivity (Wildman–Crippen MR) is 67.5 cm³/mol. The molecule has 1 aromatic carbocycles. The van der Waals surface area contributed by atoms with Crippen molar-refractivity contribution in [1.29, 1.82) is 0 Å². The van der Waals surface area contributed by atoms with Gasteiger partial charge in [-0.15, -0.1) is 0 Å². The van der Waals surface area contributed by atoms with E-state index in [1.807, 2.05) is 0 Å². The molecular weight excluding hydrogens is 252 g/mol. The Morgan fingerprint density at radius 1 is 1.58 bits per heavy atom. The smallest absolute Gasteiger partial charge is 0.338 e. The van der Waals surface area contributed by atoms with E-state index in [9.17, 15) is 14.9 Å².